The maximum absolute atomic E-state index is 11.8. The summed E-state index contributed by atoms with van der Waals surface area (Å²) >= 11 is 0. The maximum Gasteiger partial charge on any atom is 0.337 e. The van der Waals surface area contributed by atoms with Crippen LogP contribution in [0.4, 0.5) is 5.69 Å². The third-order valence-electron chi connectivity index (χ3n) is 1.83. The number of nitrogens with two attached hydrogens (primary N) is 1. The highest BCUT2D eigenvalue weighted by Gasteiger charge is 2.22. The van der Waals surface area contributed by atoms with Crippen LogP contribution in [0.2, 0.25) is 0 Å². The van der Waals surface area contributed by atoms with Crippen LogP contribution >= 0.6 is 0 Å². The highest BCUT2D eigenvalue weighted by atomic mass is 32.2. The number of nitrogen functional groups attached to an aromatic ring is 1. The molecule has 94 valence electrons. The highest BCUT2D eigenvalue weighted by Crippen LogP contribution is 2.18. The fourth-order valence-electron chi connectivity index (χ4n) is 1.24. The quantitative estimate of drug-likeness (QED) is 0.506. The molecule has 0 radical (unpaired) electrons. The van der Waals surface area contributed by atoms with Crippen LogP contribution in [-0.2, 0) is 10.0 Å². The van der Waals surface area contributed by atoms with Gasteiger partial charge >= 0.3 is 5.97 Å². The Labute approximate surface area is 98.9 Å². The lowest BCUT2D eigenvalue weighted by atomic mass is 10.2. The average molecular weight is 259 g/mol. The van der Waals surface area contributed by atoms with Crippen molar-refractivity contribution < 1.29 is 18.3 Å². The Kier molecular flexibility index (Phi) is 3.71. The third-order valence-corrected chi connectivity index (χ3v) is 3.37. The molecular weight excluding hydrogens is 246 g/mol. The summed E-state index contributed by atoms with van der Waals surface area (Å²) in [6.07, 6.45) is 0. The molecule has 7 nitrogen and oxygen atoms in total. The van der Waals surface area contributed by atoms with Gasteiger partial charge in [-0.15, -0.1) is 4.83 Å². The summed E-state index contributed by atoms with van der Waals surface area (Å²) in [6.45, 7) is 0. The number of carbonyl (C=O) groups is 1. The summed E-state index contributed by atoms with van der Waals surface area (Å²) in [7, 11) is -0.950. The number of rotatable bonds is 4. The van der Waals surface area contributed by atoms with Gasteiger partial charge in [-0.1, -0.05) is 0 Å². The zero-order valence-corrected chi connectivity index (χ0v) is 10.2. The van der Waals surface area contributed by atoms with Gasteiger partial charge < -0.3 is 10.8 Å². The molecule has 0 aliphatic heterocycles. The molecule has 0 amide bonds. The zero-order valence-electron chi connectivity index (χ0n) is 9.34. The van der Waals surface area contributed by atoms with Crippen molar-refractivity contribution in [3.63, 3.8) is 0 Å². The SMILES string of the molecule is CN(C)NS(=O)(=O)c1ccc(N)cc1C(=O)O. The van der Waals surface area contributed by atoms with Crippen LogP contribution in [-0.4, -0.2) is 38.6 Å². The molecule has 0 saturated carbocycles. The Morgan fingerprint density at radius 2 is 2.00 bits per heavy atom. The molecule has 8 heteroatoms. The van der Waals surface area contributed by atoms with E-state index in [0.29, 0.717) is 0 Å². The van der Waals surface area contributed by atoms with Crippen molar-refractivity contribution in [3.05, 3.63) is 23.8 Å². The third kappa shape index (κ3) is 3.16. The fraction of sp³-hybridized carbons (Fsp3) is 0.222. The summed E-state index contributed by atoms with van der Waals surface area (Å²) in [5.74, 6) is -1.35. The zero-order chi connectivity index (χ0) is 13.2. The van der Waals surface area contributed by atoms with Gasteiger partial charge in [-0.3, -0.25) is 0 Å². The smallest absolute Gasteiger partial charge is 0.337 e. The molecule has 0 aliphatic rings. The number of carboxylic acids is 1. The minimum absolute atomic E-state index is 0.186. The van der Waals surface area contributed by atoms with Crippen molar-refractivity contribution in [1.29, 1.82) is 0 Å². The first kappa shape index (κ1) is 13.4. The molecule has 0 atom stereocenters. The Bertz CT molecular complexity index is 539. The number of carboxylic acid groups (broad SMARTS) is 1. The number of benzene rings is 1. The number of sulfonamides is 1. The molecule has 0 saturated heterocycles. The summed E-state index contributed by atoms with van der Waals surface area (Å²) in [5, 5.41) is 10.1. The van der Waals surface area contributed by atoms with Crippen LogP contribution in [0.3, 0.4) is 0 Å². The van der Waals surface area contributed by atoms with Gasteiger partial charge in [-0.2, -0.15) is 0 Å². The second-order valence-electron chi connectivity index (χ2n) is 3.55. The molecule has 0 aliphatic carbocycles. The summed E-state index contributed by atoms with van der Waals surface area (Å²) < 4.78 is 23.6. The Morgan fingerprint density at radius 1 is 1.41 bits per heavy atom. The van der Waals surface area contributed by atoms with Gasteiger partial charge in [0.05, 0.1) is 10.5 Å². The molecule has 0 aromatic heterocycles. The van der Waals surface area contributed by atoms with Crippen molar-refractivity contribution in [2.45, 2.75) is 4.90 Å². The topological polar surface area (TPSA) is 113 Å². The second kappa shape index (κ2) is 4.70. The molecule has 1 rings (SSSR count). The summed E-state index contributed by atoms with van der Waals surface area (Å²) in [6, 6.07) is 3.59. The number of hydrogen-bond donors (Lipinski definition) is 3. The summed E-state index contributed by atoms with van der Waals surface area (Å²) in [4.78, 5) is 12.8. The van der Waals surface area contributed by atoms with Crippen LogP contribution in [0, 0.1) is 0 Å². The van der Waals surface area contributed by atoms with Gasteiger partial charge in [-0.05, 0) is 18.2 Å². The van der Waals surface area contributed by atoms with Gasteiger partial charge in [0.2, 0.25) is 0 Å². The second-order valence-corrected chi connectivity index (χ2v) is 5.18. The van der Waals surface area contributed by atoms with Crippen molar-refractivity contribution in [2.24, 2.45) is 0 Å². The standard InChI is InChI=1S/C9H13N3O4S/c1-12(2)11-17(15,16)8-4-3-6(10)5-7(8)9(13)14/h3-5,11H,10H2,1-2H3,(H,13,14). The lowest BCUT2D eigenvalue weighted by Crippen LogP contribution is -2.36. The predicted octanol–water partition coefficient (Wildman–Crippen LogP) is -0.278. The van der Waals surface area contributed by atoms with E-state index in [9.17, 15) is 13.2 Å². The molecule has 0 fully saturated rings. The lowest BCUT2D eigenvalue weighted by molar-refractivity contribution is 0.0692. The first-order chi connectivity index (χ1) is 7.74. The Hall–Kier alpha value is -1.64. The van der Waals surface area contributed by atoms with Gasteiger partial charge in [0.25, 0.3) is 10.0 Å². The maximum atomic E-state index is 11.8. The van der Waals surface area contributed by atoms with Crippen molar-refractivity contribution in [3.8, 4) is 0 Å². The minimum atomic E-state index is -3.91. The molecule has 0 bridgehead atoms. The van der Waals surface area contributed by atoms with Crippen molar-refractivity contribution in [1.82, 2.24) is 9.84 Å². The van der Waals surface area contributed by atoms with E-state index in [-0.39, 0.29) is 16.1 Å². The van der Waals surface area contributed by atoms with E-state index in [2.05, 4.69) is 4.83 Å². The molecule has 1 aromatic carbocycles. The van der Waals surface area contributed by atoms with Crippen LogP contribution in [0.5, 0.6) is 0 Å². The van der Waals surface area contributed by atoms with E-state index in [4.69, 9.17) is 10.8 Å². The van der Waals surface area contributed by atoms with Crippen LogP contribution < -0.4 is 10.6 Å². The van der Waals surface area contributed by atoms with E-state index in [0.717, 1.165) is 12.1 Å². The minimum Gasteiger partial charge on any atom is -0.478 e. The highest BCUT2D eigenvalue weighted by molar-refractivity contribution is 7.89. The van der Waals surface area contributed by atoms with Crippen molar-refractivity contribution in [2.75, 3.05) is 19.8 Å². The number of hydrazine groups is 1. The monoisotopic (exact) mass is 259 g/mol. The number of nitrogens with zero attached hydrogens (tertiary/aromatic N) is 1. The van der Waals surface area contributed by atoms with E-state index >= 15 is 0 Å². The molecule has 0 spiro atoms. The molecule has 0 heterocycles. The lowest BCUT2D eigenvalue weighted by Gasteiger charge is -2.14. The largest absolute Gasteiger partial charge is 0.478 e. The normalized spacial score (nSPS) is 11.7. The number of nitrogens with one attached hydrogen (secondary N) is 1. The van der Waals surface area contributed by atoms with Gasteiger partial charge in [-0.25, -0.2) is 18.2 Å². The first-order valence-electron chi connectivity index (χ1n) is 4.56. The van der Waals surface area contributed by atoms with E-state index < -0.39 is 16.0 Å². The van der Waals surface area contributed by atoms with Crippen LogP contribution in [0.25, 0.3) is 0 Å². The van der Waals surface area contributed by atoms with Gasteiger partial charge in [0, 0.05) is 19.8 Å². The number of aromatic carboxylic acids is 1. The molecule has 4 N–H and O–H groups in total. The van der Waals surface area contributed by atoms with Crippen LogP contribution in [0.1, 0.15) is 10.4 Å². The predicted molar refractivity (Wildman–Crippen MR) is 61.8 cm³/mol. The van der Waals surface area contributed by atoms with Crippen molar-refractivity contribution >= 4 is 21.7 Å². The molecule has 0 unspecified atom stereocenters. The van der Waals surface area contributed by atoms with E-state index in [1.165, 1.54) is 25.2 Å². The molecular formula is C9H13N3O4S. The first-order valence-corrected chi connectivity index (χ1v) is 6.05. The number of anilines is 1. The van der Waals surface area contributed by atoms with E-state index in [1.807, 2.05) is 0 Å². The Morgan fingerprint density at radius 3 is 2.47 bits per heavy atom. The van der Waals surface area contributed by atoms with E-state index in [1.54, 1.807) is 0 Å². The number of hydrogen-bond acceptors (Lipinski definition) is 5. The Balaban J connectivity index is 3.36. The fourth-order valence-corrected chi connectivity index (χ4v) is 2.50. The molecule has 1 aromatic rings. The van der Waals surface area contributed by atoms with Gasteiger partial charge in [0.1, 0.15) is 0 Å². The van der Waals surface area contributed by atoms with Crippen LogP contribution in [0.15, 0.2) is 23.1 Å². The van der Waals surface area contributed by atoms with Gasteiger partial charge in [0.15, 0.2) is 0 Å². The summed E-state index contributed by atoms with van der Waals surface area (Å²) in [5.41, 5.74) is 5.25. The molecule has 17 heavy (non-hydrogen) atoms. The average Bonchev–Trinajstić information content (AvgIpc) is 2.14.